The molecule has 2 rings (SSSR count). The summed E-state index contributed by atoms with van der Waals surface area (Å²) in [5, 5.41) is -0.284. The van der Waals surface area contributed by atoms with Gasteiger partial charge in [-0.25, -0.2) is 8.78 Å². The summed E-state index contributed by atoms with van der Waals surface area (Å²) in [7, 11) is 0. The van der Waals surface area contributed by atoms with Gasteiger partial charge in [-0.15, -0.1) is 0 Å². The van der Waals surface area contributed by atoms with Crippen LogP contribution in [0.3, 0.4) is 0 Å². The number of benzene rings is 1. The number of Topliss-reactive ketones (excluding diaryl/α,β-unsaturated/α-hetero) is 1. The van der Waals surface area contributed by atoms with Gasteiger partial charge in [-0.2, -0.15) is 0 Å². The number of carbonyl (C=O) groups is 1. The molecule has 0 radical (unpaired) electrons. The van der Waals surface area contributed by atoms with E-state index in [-0.39, 0.29) is 17.0 Å². The minimum absolute atomic E-state index is 0.0222. The Morgan fingerprint density at radius 2 is 2.21 bits per heavy atom. The third-order valence-electron chi connectivity index (χ3n) is 2.19. The van der Waals surface area contributed by atoms with Crippen molar-refractivity contribution in [2.24, 2.45) is 0 Å². The molecular weight excluding hydrogens is 277 g/mol. The molecule has 0 aliphatic heterocycles. The maximum absolute atomic E-state index is 13.1. The third-order valence-corrected chi connectivity index (χ3v) is 3.26. The van der Waals surface area contributed by atoms with E-state index in [1.165, 1.54) is 0 Å². The predicted molar refractivity (Wildman–Crippen MR) is 52.0 cm³/mol. The van der Waals surface area contributed by atoms with Crippen LogP contribution < -0.4 is 0 Å². The third kappa shape index (κ3) is 1.28. The van der Waals surface area contributed by atoms with E-state index in [1.54, 1.807) is 0 Å². The fourth-order valence-corrected chi connectivity index (χ4v) is 2.34. The molecule has 14 heavy (non-hydrogen) atoms. The summed E-state index contributed by atoms with van der Waals surface area (Å²) in [6.45, 7) is 0. The molecule has 1 aliphatic rings. The molecule has 0 saturated heterocycles. The van der Waals surface area contributed by atoms with Crippen molar-refractivity contribution in [1.82, 2.24) is 0 Å². The quantitative estimate of drug-likeness (QED) is 0.667. The molecule has 0 fully saturated rings. The summed E-state index contributed by atoms with van der Waals surface area (Å²) >= 11 is 8.66. The van der Waals surface area contributed by atoms with Crippen LogP contribution in [0.5, 0.6) is 0 Å². The Balaban J connectivity index is 2.74. The predicted octanol–water partition coefficient (Wildman–Crippen LogP) is 3.32. The Morgan fingerprint density at radius 1 is 1.57 bits per heavy atom. The van der Waals surface area contributed by atoms with Gasteiger partial charge in [-0.05, 0) is 11.6 Å². The number of hydrogen-bond donors (Lipinski definition) is 0. The minimum Gasteiger partial charge on any atom is -0.291 e. The molecule has 1 aromatic carbocycles. The lowest BCUT2D eigenvalue weighted by molar-refractivity contribution is 0.0899. The van der Waals surface area contributed by atoms with Gasteiger partial charge in [0, 0.05) is 16.5 Å². The van der Waals surface area contributed by atoms with E-state index in [9.17, 15) is 13.6 Å². The normalized spacial score (nSPS) is 20.0. The van der Waals surface area contributed by atoms with Gasteiger partial charge >= 0.3 is 0 Å². The fourth-order valence-electron chi connectivity index (χ4n) is 1.52. The van der Waals surface area contributed by atoms with E-state index < -0.39 is 17.8 Å². The van der Waals surface area contributed by atoms with Crippen LogP contribution in [-0.4, -0.2) is 12.0 Å². The van der Waals surface area contributed by atoms with E-state index >= 15 is 0 Å². The summed E-state index contributed by atoms with van der Waals surface area (Å²) in [6.07, 6.45) is -1.63. The van der Waals surface area contributed by atoms with Crippen molar-refractivity contribution >= 4 is 33.3 Å². The number of fused-ring (bicyclic) bond motifs is 1. The van der Waals surface area contributed by atoms with Crippen LogP contribution in [0.25, 0.3) is 0 Å². The highest BCUT2D eigenvalue weighted by molar-refractivity contribution is 9.10. The molecule has 0 spiro atoms. The van der Waals surface area contributed by atoms with Crippen molar-refractivity contribution in [1.29, 1.82) is 0 Å². The van der Waals surface area contributed by atoms with Crippen molar-refractivity contribution in [2.45, 2.75) is 12.6 Å². The second-order valence-corrected chi connectivity index (χ2v) is 4.28. The van der Waals surface area contributed by atoms with Crippen LogP contribution in [-0.2, 0) is 6.42 Å². The van der Waals surface area contributed by atoms with Crippen LogP contribution in [0.15, 0.2) is 10.5 Å². The molecule has 74 valence electrons. The molecule has 1 aliphatic carbocycles. The Morgan fingerprint density at radius 3 is 2.86 bits per heavy atom. The molecule has 0 bridgehead atoms. The molecule has 5 heteroatoms. The first-order chi connectivity index (χ1) is 6.52. The Bertz CT molecular complexity index is 433. The fraction of sp³-hybridized carbons (Fsp3) is 0.222. The second-order valence-electron chi connectivity index (χ2n) is 3.04. The van der Waals surface area contributed by atoms with E-state index in [0.29, 0.717) is 10.0 Å². The molecule has 1 nitrogen and oxygen atoms in total. The van der Waals surface area contributed by atoms with E-state index in [1.807, 2.05) is 0 Å². The van der Waals surface area contributed by atoms with Crippen molar-refractivity contribution in [2.75, 3.05) is 0 Å². The first-order valence-corrected chi connectivity index (χ1v) is 5.04. The second kappa shape index (κ2) is 3.28. The summed E-state index contributed by atoms with van der Waals surface area (Å²) in [4.78, 5) is 11.3. The Labute approximate surface area is 92.2 Å². The van der Waals surface area contributed by atoms with E-state index in [2.05, 4.69) is 15.9 Å². The van der Waals surface area contributed by atoms with Gasteiger partial charge in [0.15, 0.2) is 12.0 Å². The van der Waals surface area contributed by atoms with Gasteiger partial charge in [0.05, 0.1) is 5.02 Å². The van der Waals surface area contributed by atoms with Crippen LogP contribution >= 0.6 is 27.5 Å². The van der Waals surface area contributed by atoms with Crippen LogP contribution in [0.4, 0.5) is 8.78 Å². The van der Waals surface area contributed by atoms with Crippen LogP contribution in [0.2, 0.25) is 5.02 Å². The number of hydrogen-bond acceptors (Lipinski definition) is 1. The maximum Gasteiger partial charge on any atom is 0.199 e. The number of carbonyl (C=O) groups excluding carboxylic acids is 1. The Hall–Kier alpha value is -0.480. The highest BCUT2D eigenvalue weighted by Gasteiger charge is 2.35. The lowest BCUT2D eigenvalue weighted by Gasteiger charge is -2.03. The lowest BCUT2D eigenvalue weighted by Crippen LogP contribution is -2.08. The number of halogens is 4. The van der Waals surface area contributed by atoms with Gasteiger partial charge in [0.1, 0.15) is 5.82 Å². The first-order valence-electron chi connectivity index (χ1n) is 3.87. The molecule has 1 atom stereocenters. The zero-order valence-corrected chi connectivity index (χ0v) is 9.12. The summed E-state index contributed by atoms with van der Waals surface area (Å²) in [5.74, 6) is -1.44. The molecule has 0 N–H and O–H groups in total. The maximum atomic E-state index is 13.1. The molecule has 1 unspecified atom stereocenters. The average molecular weight is 281 g/mol. The summed E-state index contributed by atoms with van der Waals surface area (Å²) in [6, 6.07) is 1.15. The standard InChI is InChI=1S/C9H4BrClF2O/c10-4-2-5(12)8(11)7-3(4)1-6(13)9(7)14/h2,6H,1H2. The lowest BCUT2D eigenvalue weighted by atomic mass is 10.1. The summed E-state index contributed by atoms with van der Waals surface area (Å²) in [5.41, 5.74) is 0.431. The smallest absolute Gasteiger partial charge is 0.199 e. The molecule has 0 aromatic heterocycles. The zero-order chi connectivity index (χ0) is 10.5. The summed E-state index contributed by atoms with van der Waals surface area (Å²) < 4.78 is 26.5. The highest BCUT2D eigenvalue weighted by Crippen LogP contribution is 2.37. The van der Waals surface area contributed by atoms with Gasteiger partial charge in [-0.3, -0.25) is 4.79 Å². The van der Waals surface area contributed by atoms with Gasteiger partial charge in [-0.1, -0.05) is 27.5 Å². The van der Waals surface area contributed by atoms with Gasteiger partial charge in [0.25, 0.3) is 0 Å². The van der Waals surface area contributed by atoms with E-state index in [0.717, 1.165) is 6.07 Å². The monoisotopic (exact) mass is 280 g/mol. The average Bonchev–Trinajstić information content (AvgIpc) is 2.41. The number of ketones is 1. The van der Waals surface area contributed by atoms with Crippen LogP contribution in [0.1, 0.15) is 15.9 Å². The van der Waals surface area contributed by atoms with Gasteiger partial charge in [0.2, 0.25) is 0 Å². The minimum atomic E-state index is -1.60. The van der Waals surface area contributed by atoms with Crippen molar-refractivity contribution in [3.05, 3.63) is 32.5 Å². The molecular formula is C9H4BrClF2O. The van der Waals surface area contributed by atoms with Crippen molar-refractivity contribution in [3.8, 4) is 0 Å². The first kappa shape index (κ1) is 10.1. The SMILES string of the molecule is O=C1c2c(Cl)c(F)cc(Br)c2CC1F. The van der Waals surface area contributed by atoms with Crippen molar-refractivity contribution < 1.29 is 13.6 Å². The molecule has 1 aromatic rings. The molecule has 0 amide bonds. The van der Waals surface area contributed by atoms with Crippen LogP contribution in [0, 0.1) is 5.82 Å². The highest BCUT2D eigenvalue weighted by atomic mass is 79.9. The van der Waals surface area contributed by atoms with Crippen molar-refractivity contribution in [3.63, 3.8) is 0 Å². The number of rotatable bonds is 0. The topological polar surface area (TPSA) is 17.1 Å². The largest absolute Gasteiger partial charge is 0.291 e. The Kier molecular flexibility index (Phi) is 2.35. The van der Waals surface area contributed by atoms with Gasteiger partial charge < -0.3 is 0 Å². The number of alkyl halides is 1. The molecule has 0 heterocycles. The molecule has 0 saturated carbocycles. The van der Waals surface area contributed by atoms with E-state index in [4.69, 9.17) is 11.6 Å². The zero-order valence-electron chi connectivity index (χ0n) is 6.78.